The average molecular weight is 401 g/mol. The third-order valence-corrected chi connectivity index (χ3v) is 5.89. The summed E-state index contributed by atoms with van der Waals surface area (Å²) < 4.78 is 27.9. The van der Waals surface area contributed by atoms with Gasteiger partial charge in [0.25, 0.3) is 0 Å². The molecular formula is C21H21ClN2O2S. The molecule has 0 aromatic heterocycles. The summed E-state index contributed by atoms with van der Waals surface area (Å²) in [4.78, 5) is 0.256. The summed E-state index contributed by atoms with van der Waals surface area (Å²) in [7, 11) is -3.59. The molecule has 1 unspecified atom stereocenters. The number of hydrogen-bond acceptors (Lipinski definition) is 3. The Bertz CT molecular complexity index is 973. The maximum absolute atomic E-state index is 12.6. The minimum absolute atomic E-state index is 0.211. The summed E-state index contributed by atoms with van der Waals surface area (Å²) in [6, 6.07) is 23.6. The lowest BCUT2D eigenvalue weighted by Crippen LogP contribution is -2.31. The van der Waals surface area contributed by atoms with E-state index in [4.69, 9.17) is 11.6 Å². The van der Waals surface area contributed by atoms with Crippen LogP contribution in [0.4, 0.5) is 5.69 Å². The Labute approximate surface area is 165 Å². The number of sulfonamides is 1. The second kappa shape index (κ2) is 8.57. The SMILES string of the molecule is Cc1ccc(S(=O)(=O)NCC(Nc2ccc(Cl)cc2)c2ccccc2)cc1. The van der Waals surface area contributed by atoms with Crippen molar-refractivity contribution in [3.05, 3.63) is 95.0 Å². The van der Waals surface area contributed by atoms with E-state index in [0.29, 0.717) is 5.02 Å². The highest BCUT2D eigenvalue weighted by Gasteiger charge is 2.18. The zero-order valence-corrected chi connectivity index (χ0v) is 16.5. The highest BCUT2D eigenvalue weighted by atomic mass is 35.5. The van der Waals surface area contributed by atoms with Crippen LogP contribution in [0, 0.1) is 6.92 Å². The first kappa shape index (κ1) is 19.4. The van der Waals surface area contributed by atoms with Crippen LogP contribution in [0.2, 0.25) is 5.02 Å². The van der Waals surface area contributed by atoms with E-state index in [1.165, 1.54) is 0 Å². The summed E-state index contributed by atoms with van der Waals surface area (Å²) >= 11 is 5.95. The molecule has 0 saturated heterocycles. The van der Waals surface area contributed by atoms with Crippen LogP contribution in [0.25, 0.3) is 0 Å². The van der Waals surface area contributed by atoms with Crippen LogP contribution in [0.5, 0.6) is 0 Å². The van der Waals surface area contributed by atoms with Gasteiger partial charge in [-0.05, 0) is 48.9 Å². The molecule has 0 saturated carbocycles. The molecule has 0 aliphatic carbocycles. The van der Waals surface area contributed by atoms with E-state index < -0.39 is 10.0 Å². The summed E-state index contributed by atoms with van der Waals surface area (Å²) in [5.74, 6) is 0. The highest BCUT2D eigenvalue weighted by Crippen LogP contribution is 2.21. The van der Waals surface area contributed by atoms with Crippen LogP contribution in [-0.2, 0) is 10.0 Å². The van der Waals surface area contributed by atoms with Crippen molar-refractivity contribution in [2.24, 2.45) is 0 Å². The van der Waals surface area contributed by atoms with E-state index >= 15 is 0 Å². The van der Waals surface area contributed by atoms with Crippen molar-refractivity contribution in [3.8, 4) is 0 Å². The Hall–Kier alpha value is -2.34. The van der Waals surface area contributed by atoms with Gasteiger partial charge in [0, 0.05) is 17.3 Å². The van der Waals surface area contributed by atoms with Crippen molar-refractivity contribution in [2.45, 2.75) is 17.9 Å². The summed E-state index contributed by atoms with van der Waals surface area (Å²) in [5.41, 5.74) is 2.86. The van der Waals surface area contributed by atoms with E-state index in [1.807, 2.05) is 49.4 Å². The van der Waals surface area contributed by atoms with Gasteiger partial charge in [0.15, 0.2) is 0 Å². The molecule has 3 rings (SSSR count). The molecule has 2 N–H and O–H groups in total. The van der Waals surface area contributed by atoms with Gasteiger partial charge in [0.05, 0.1) is 10.9 Å². The average Bonchev–Trinajstić information content (AvgIpc) is 2.68. The minimum Gasteiger partial charge on any atom is -0.377 e. The van der Waals surface area contributed by atoms with Crippen LogP contribution in [-0.4, -0.2) is 15.0 Å². The number of anilines is 1. The van der Waals surface area contributed by atoms with E-state index in [-0.39, 0.29) is 17.5 Å². The molecule has 140 valence electrons. The van der Waals surface area contributed by atoms with Crippen molar-refractivity contribution >= 4 is 27.3 Å². The molecule has 27 heavy (non-hydrogen) atoms. The Morgan fingerprint density at radius 1 is 0.889 bits per heavy atom. The predicted molar refractivity (Wildman–Crippen MR) is 111 cm³/mol. The van der Waals surface area contributed by atoms with Crippen LogP contribution < -0.4 is 10.0 Å². The molecule has 0 bridgehead atoms. The molecule has 0 spiro atoms. The number of halogens is 1. The molecule has 0 aliphatic rings. The van der Waals surface area contributed by atoms with Crippen molar-refractivity contribution < 1.29 is 8.42 Å². The molecule has 4 nitrogen and oxygen atoms in total. The van der Waals surface area contributed by atoms with E-state index in [2.05, 4.69) is 10.0 Å². The topological polar surface area (TPSA) is 58.2 Å². The third kappa shape index (κ3) is 5.32. The van der Waals surface area contributed by atoms with Crippen molar-refractivity contribution in [1.82, 2.24) is 4.72 Å². The van der Waals surface area contributed by atoms with Gasteiger partial charge in [-0.25, -0.2) is 13.1 Å². The monoisotopic (exact) mass is 400 g/mol. The molecule has 0 radical (unpaired) electrons. The molecule has 3 aromatic rings. The van der Waals surface area contributed by atoms with Crippen LogP contribution in [0.3, 0.4) is 0 Å². The molecule has 0 aliphatic heterocycles. The zero-order chi connectivity index (χ0) is 19.3. The lowest BCUT2D eigenvalue weighted by Gasteiger charge is -2.21. The van der Waals surface area contributed by atoms with Gasteiger partial charge in [0.1, 0.15) is 0 Å². The Balaban J connectivity index is 1.79. The Morgan fingerprint density at radius 3 is 2.15 bits per heavy atom. The van der Waals surface area contributed by atoms with E-state index in [9.17, 15) is 8.42 Å². The van der Waals surface area contributed by atoms with E-state index in [0.717, 1.165) is 16.8 Å². The summed E-state index contributed by atoms with van der Waals surface area (Å²) in [5, 5.41) is 4.02. The van der Waals surface area contributed by atoms with Gasteiger partial charge >= 0.3 is 0 Å². The van der Waals surface area contributed by atoms with Gasteiger partial charge < -0.3 is 5.32 Å². The lowest BCUT2D eigenvalue weighted by molar-refractivity contribution is 0.576. The first-order valence-electron chi connectivity index (χ1n) is 8.57. The third-order valence-electron chi connectivity index (χ3n) is 4.20. The van der Waals surface area contributed by atoms with Crippen LogP contribution in [0.15, 0.2) is 83.8 Å². The standard InChI is InChI=1S/C21H21ClN2O2S/c1-16-7-13-20(14-8-16)27(25,26)23-15-21(17-5-3-2-4-6-17)24-19-11-9-18(22)10-12-19/h2-14,21,23-24H,15H2,1H3. The first-order valence-corrected chi connectivity index (χ1v) is 10.4. The number of rotatable bonds is 7. The van der Waals surface area contributed by atoms with Crippen molar-refractivity contribution in [2.75, 3.05) is 11.9 Å². The molecule has 0 amide bonds. The van der Waals surface area contributed by atoms with Gasteiger partial charge in [-0.15, -0.1) is 0 Å². The quantitative estimate of drug-likeness (QED) is 0.600. The largest absolute Gasteiger partial charge is 0.377 e. The number of nitrogens with one attached hydrogen (secondary N) is 2. The fourth-order valence-corrected chi connectivity index (χ4v) is 3.85. The summed E-state index contributed by atoms with van der Waals surface area (Å²) in [6.45, 7) is 2.13. The number of benzene rings is 3. The predicted octanol–water partition coefficient (Wildman–Crippen LogP) is 4.78. The van der Waals surface area contributed by atoms with Crippen molar-refractivity contribution in [1.29, 1.82) is 0 Å². The Morgan fingerprint density at radius 2 is 1.52 bits per heavy atom. The second-order valence-corrected chi connectivity index (χ2v) is 8.48. The normalized spacial score (nSPS) is 12.5. The zero-order valence-electron chi connectivity index (χ0n) is 14.9. The smallest absolute Gasteiger partial charge is 0.240 e. The van der Waals surface area contributed by atoms with Crippen molar-refractivity contribution in [3.63, 3.8) is 0 Å². The fourth-order valence-electron chi connectivity index (χ4n) is 2.68. The molecule has 3 aromatic carbocycles. The molecule has 0 fully saturated rings. The van der Waals surface area contributed by atoms with Crippen LogP contribution >= 0.6 is 11.6 Å². The highest BCUT2D eigenvalue weighted by molar-refractivity contribution is 7.89. The lowest BCUT2D eigenvalue weighted by atomic mass is 10.1. The molecular weight excluding hydrogens is 380 g/mol. The molecule has 6 heteroatoms. The minimum atomic E-state index is -3.59. The fraction of sp³-hybridized carbons (Fsp3) is 0.143. The maximum Gasteiger partial charge on any atom is 0.240 e. The second-order valence-electron chi connectivity index (χ2n) is 6.28. The number of hydrogen-bond donors (Lipinski definition) is 2. The number of aryl methyl sites for hydroxylation is 1. The first-order chi connectivity index (χ1) is 12.9. The Kier molecular flexibility index (Phi) is 6.16. The van der Waals surface area contributed by atoms with Crippen LogP contribution in [0.1, 0.15) is 17.2 Å². The maximum atomic E-state index is 12.6. The molecule has 1 atom stereocenters. The summed E-state index contributed by atoms with van der Waals surface area (Å²) in [6.07, 6.45) is 0. The van der Waals surface area contributed by atoms with Gasteiger partial charge in [0.2, 0.25) is 10.0 Å². The molecule has 0 heterocycles. The van der Waals surface area contributed by atoms with Gasteiger partial charge in [-0.3, -0.25) is 0 Å². The van der Waals surface area contributed by atoms with Gasteiger partial charge in [-0.2, -0.15) is 0 Å². The van der Waals surface area contributed by atoms with E-state index in [1.54, 1.807) is 36.4 Å². The van der Waals surface area contributed by atoms with Gasteiger partial charge in [-0.1, -0.05) is 59.6 Å².